The van der Waals surface area contributed by atoms with Crippen LogP contribution in [0.15, 0.2) is 61.2 Å². The van der Waals surface area contributed by atoms with Crippen molar-refractivity contribution in [2.45, 2.75) is 0 Å². The number of terminal acetylenes is 1. The van der Waals surface area contributed by atoms with Gasteiger partial charge in [-0.2, -0.15) is 0 Å². The SMILES string of the molecule is C#Cc1cccc(NC(=O)CN(C)C(=O)c2ccc(-n3ccnc3)c([N+](=O)[O-])c2)c1. The highest BCUT2D eigenvalue weighted by molar-refractivity contribution is 5.99. The Kier molecular flexibility index (Phi) is 5.89. The normalized spacial score (nSPS) is 10.1. The van der Waals surface area contributed by atoms with Gasteiger partial charge in [-0.15, -0.1) is 6.42 Å². The molecule has 9 nitrogen and oxygen atoms in total. The molecule has 9 heteroatoms. The summed E-state index contributed by atoms with van der Waals surface area (Å²) in [4.78, 5) is 40.9. The van der Waals surface area contributed by atoms with Crippen molar-refractivity contribution >= 4 is 23.2 Å². The number of nitrogens with one attached hydrogen (secondary N) is 1. The van der Waals surface area contributed by atoms with E-state index in [1.165, 1.54) is 47.2 Å². The van der Waals surface area contributed by atoms with Gasteiger partial charge >= 0.3 is 0 Å². The van der Waals surface area contributed by atoms with Crippen molar-refractivity contribution in [2.75, 3.05) is 18.9 Å². The lowest BCUT2D eigenvalue weighted by Gasteiger charge is -2.17. The highest BCUT2D eigenvalue weighted by atomic mass is 16.6. The van der Waals surface area contributed by atoms with E-state index in [4.69, 9.17) is 6.42 Å². The molecule has 0 unspecified atom stereocenters. The monoisotopic (exact) mass is 403 g/mol. The molecule has 0 aliphatic rings. The zero-order valence-corrected chi connectivity index (χ0v) is 16.0. The lowest BCUT2D eigenvalue weighted by molar-refractivity contribution is -0.384. The lowest BCUT2D eigenvalue weighted by Crippen LogP contribution is -2.35. The molecule has 150 valence electrons. The first kappa shape index (κ1) is 20.3. The summed E-state index contributed by atoms with van der Waals surface area (Å²) in [6.07, 6.45) is 9.83. The van der Waals surface area contributed by atoms with Gasteiger partial charge in [0.05, 0.1) is 17.8 Å². The number of nitrogens with zero attached hydrogens (tertiary/aromatic N) is 4. The Morgan fingerprint density at radius 1 is 1.30 bits per heavy atom. The molecular weight excluding hydrogens is 386 g/mol. The van der Waals surface area contributed by atoms with Crippen molar-refractivity contribution in [3.63, 3.8) is 0 Å². The number of aromatic nitrogens is 2. The lowest BCUT2D eigenvalue weighted by atomic mass is 10.1. The third-order valence-electron chi connectivity index (χ3n) is 4.24. The minimum atomic E-state index is -0.572. The van der Waals surface area contributed by atoms with Crippen LogP contribution in [0.25, 0.3) is 5.69 Å². The Labute approximate surface area is 172 Å². The third-order valence-corrected chi connectivity index (χ3v) is 4.24. The summed E-state index contributed by atoms with van der Waals surface area (Å²) in [6, 6.07) is 10.9. The summed E-state index contributed by atoms with van der Waals surface area (Å²) in [5.74, 6) is 1.52. The van der Waals surface area contributed by atoms with Gasteiger partial charge in [-0.1, -0.05) is 12.0 Å². The van der Waals surface area contributed by atoms with E-state index >= 15 is 0 Å². The van der Waals surface area contributed by atoms with Crippen LogP contribution in [0.1, 0.15) is 15.9 Å². The molecule has 0 aliphatic heterocycles. The van der Waals surface area contributed by atoms with E-state index in [9.17, 15) is 19.7 Å². The van der Waals surface area contributed by atoms with Crippen molar-refractivity contribution in [2.24, 2.45) is 0 Å². The Morgan fingerprint density at radius 3 is 2.77 bits per heavy atom. The Morgan fingerprint density at radius 2 is 2.10 bits per heavy atom. The fraction of sp³-hybridized carbons (Fsp3) is 0.0952. The molecule has 0 aliphatic carbocycles. The number of benzene rings is 2. The second kappa shape index (κ2) is 8.70. The Hall–Kier alpha value is -4.45. The maximum atomic E-state index is 12.7. The minimum absolute atomic E-state index is 0.0928. The van der Waals surface area contributed by atoms with E-state index in [2.05, 4.69) is 16.2 Å². The minimum Gasteiger partial charge on any atom is -0.332 e. The van der Waals surface area contributed by atoms with Gasteiger partial charge in [-0.25, -0.2) is 4.98 Å². The first-order valence-electron chi connectivity index (χ1n) is 8.78. The summed E-state index contributed by atoms with van der Waals surface area (Å²) in [5.41, 5.74) is 1.25. The van der Waals surface area contributed by atoms with E-state index < -0.39 is 16.7 Å². The fourth-order valence-corrected chi connectivity index (χ4v) is 2.82. The van der Waals surface area contributed by atoms with Crippen molar-refractivity contribution in [1.82, 2.24) is 14.5 Å². The molecule has 1 aromatic heterocycles. The number of hydrogen-bond donors (Lipinski definition) is 1. The molecule has 2 amide bonds. The average molecular weight is 403 g/mol. The van der Waals surface area contributed by atoms with Crippen LogP contribution in [0.4, 0.5) is 11.4 Å². The van der Waals surface area contributed by atoms with E-state index in [0.29, 0.717) is 11.3 Å². The van der Waals surface area contributed by atoms with Gasteiger partial charge in [0, 0.05) is 42.3 Å². The number of amides is 2. The van der Waals surface area contributed by atoms with Crippen molar-refractivity contribution in [3.8, 4) is 18.0 Å². The highest BCUT2D eigenvalue weighted by Gasteiger charge is 2.21. The van der Waals surface area contributed by atoms with Gasteiger partial charge in [-0.3, -0.25) is 19.7 Å². The van der Waals surface area contributed by atoms with E-state index in [1.54, 1.807) is 30.5 Å². The topological polar surface area (TPSA) is 110 Å². The third kappa shape index (κ3) is 4.51. The number of hydrogen-bond acceptors (Lipinski definition) is 5. The number of carbonyl (C=O) groups excluding carboxylic acids is 2. The van der Waals surface area contributed by atoms with Crippen LogP contribution in [0, 0.1) is 22.5 Å². The van der Waals surface area contributed by atoms with Crippen LogP contribution in [0.3, 0.4) is 0 Å². The smallest absolute Gasteiger partial charge is 0.294 e. The second-order valence-electron chi connectivity index (χ2n) is 6.37. The first-order valence-corrected chi connectivity index (χ1v) is 8.78. The van der Waals surface area contributed by atoms with E-state index in [1.807, 2.05) is 0 Å². The zero-order valence-electron chi connectivity index (χ0n) is 16.0. The first-order chi connectivity index (χ1) is 14.4. The van der Waals surface area contributed by atoms with Gasteiger partial charge in [0.2, 0.25) is 5.91 Å². The molecule has 30 heavy (non-hydrogen) atoms. The van der Waals surface area contributed by atoms with Crippen molar-refractivity contribution in [1.29, 1.82) is 0 Å². The van der Waals surface area contributed by atoms with Gasteiger partial charge in [0.1, 0.15) is 5.69 Å². The molecular formula is C21H17N5O4. The zero-order chi connectivity index (χ0) is 21.7. The van der Waals surface area contributed by atoms with Gasteiger partial charge in [0.15, 0.2) is 0 Å². The molecule has 0 saturated heterocycles. The predicted molar refractivity (Wildman–Crippen MR) is 110 cm³/mol. The highest BCUT2D eigenvalue weighted by Crippen LogP contribution is 2.24. The molecule has 0 fully saturated rings. The summed E-state index contributed by atoms with van der Waals surface area (Å²) >= 11 is 0. The molecule has 0 radical (unpaired) electrons. The predicted octanol–water partition coefficient (Wildman–Crippen LogP) is 2.47. The molecule has 3 rings (SSSR count). The van der Waals surface area contributed by atoms with Crippen molar-refractivity contribution < 1.29 is 14.5 Å². The molecule has 0 spiro atoms. The second-order valence-corrected chi connectivity index (χ2v) is 6.37. The van der Waals surface area contributed by atoms with Crippen LogP contribution in [0.2, 0.25) is 0 Å². The number of imidazole rings is 1. The molecule has 3 aromatic rings. The molecule has 0 atom stereocenters. The fourth-order valence-electron chi connectivity index (χ4n) is 2.82. The number of likely N-dealkylation sites (N-methyl/N-ethyl adjacent to an activating group) is 1. The molecule has 1 heterocycles. The van der Waals surface area contributed by atoms with E-state index in [0.717, 1.165) is 0 Å². The molecule has 2 aromatic carbocycles. The van der Waals surface area contributed by atoms with Crippen LogP contribution in [-0.4, -0.2) is 44.8 Å². The molecule has 0 bridgehead atoms. The van der Waals surface area contributed by atoms with Crippen LogP contribution >= 0.6 is 0 Å². The van der Waals surface area contributed by atoms with Crippen LogP contribution in [-0.2, 0) is 4.79 Å². The largest absolute Gasteiger partial charge is 0.332 e. The maximum absolute atomic E-state index is 12.7. The van der Waals surface area contributed by atoms with Gasteiger partial charge in [-0.05, 0) is 30.3 Å². The van der Waals surface area contributed by atoms with Gasteiger partial charge in [0.25, 0.3) is 11.6 Å². The Bertz CT molecular complexity index is 1150. The summed E-state index contributed by atoms with van der Waals surface area (Å²) in [7, 11) is 1.44. The standard InChI is InChI=1S/C21H17N5O4/c1-3-15-5-4-6-17(11-15)23-20(27)13-24(2)21(28)16-7-8-18(19(12-16)26(29)30)25-10-9-22-14-25/h1,4-12,14H,13H2,2H3,(H,23,27). The molecule has 1 N–H and O–H groups in total. The van der Waals surface area contributed by atoms with Crippen LogP contribution < -0.4 is 5.32 Å². The summed E-state index contributed by atoms with van der Waals surface area (Å²) in [6.45, 7) is -0.240. The summed E-state index contributed by atoms with van der Waals surface area (Å²) < 4.78 is 1.48. The van der Waals surface area contributed by atoms with Crippen molar-refractivity contribution in [3.05, 3.63) is 82.4 Å². The number of anilines is 1. The average Bonchev–Trinajstić information content (AvgIpc) is 3.27. The van der Waals surface area contributed by atoms with Crippen LogP contribution in [0.5, 0.6) is 0 Å². The quantitative estimate of drug-likeness (QED) is 0.386. The number of rotatable bonds is 6. The van der Waals surface area contributed by atoms with E-state index in [-0.39, 0.29) is 23.5 Å². The maximum Gasteiger partial charge on any atom is 0.294 e. The molecule has 0 saturated carbocycles. The number of nitro benzene ring substituents is 1. The Balaban J connectivity index is 1.74. The van der Waals surface area contributed by atoms with Gasteiger partial charge < -0.3 is 14.8 Å². The summed E-state index contributed by atoms with van der Waals surface area (Å²) in [5, 5.41) is 14.1. The number of carbonyl (C=O) groups is 2. The number of nitro groups is 1.